The summed E-state index contributed by atoms with van der Waals surface area (Å²) in [7, 11) is 0. The summed E-state index contributed by atoms with van der Waals surface area (Å²) in [6.45, 7) is 13.3. The molecule has 0 fully saturated rings. The fraction of sp³-hybridized carbons (Fsp3) is 0.108. The molecule has 8 nitrogen and oxygen atoms in total. The lowest BCUT2D eigenvalue weighted by Crippen LogP contribution is -2.60. The Morgan fingerprint density at radius 1 is 0.301 bits per heavy atom. The third-order valence-corrected chi connectivity index (χ3v) is 17.2. The van der Waals surface area contributed by atoms with E-state index >= 15 is 0 Å². The average molecular weight is 1080 g/mol. The molecule has 0 bridgehead atoms. The van der Waals surface area contributed by atoms with Gasteiger partial charge in [-0.25, -0.2) is 0 Å². The molecule has 398 valence electrons. The maximum absolute atomic E-state index is 7.45. The van der Waals surface area contributed by atoms with Gasteiger partial charge in [-0.15, -0.1) is 0 Å². The molecule has 0 saturated heterocycles. The summed E-state index contributed by atoms with van der Waals surface area (Å²) in [5.74, 6) is 4.45. The second-order valence-corrected chi connectivity index (χ2v) is 24.5. The van der Waals surface area contributed by atoms with E-state index < -0.39 is 0 Å². The van der Waals surface area contributed by atoms with Crippen molar-refractivity contribution in [3.05, 3.63) is 223 Å². The van der Waals surface area contributed by atoms with Crippen molar-refractivity contribution in [2.24, 2.45) is 0 Å². The van der Waals surface area contributed by atoms with Gasteiger partial charge in [0.25, 0.3) is 6.71 Å². The molecule has 9 aromatic carbocycles. The Hall–Kier alpha value is -10.1. The molecule has 17 rings (SSSR count). The average Bonchev–Trinajstić information content (AvgIpc) is 1.84. The number of hydrogen-bond donors (Lipinski definition) is 0. The lowest BCUT2D eigenvalue weighted by molar-refractivity contribution is 0.589. The van der Waals surface area contributed by atoms with Crippen LogP contribution in [0.2, 0.25) is 0 Å². The summed E-state index contributed by atoms with van der Waals surface area (Å²) in [4.78, 5) is 4.66. The highest BCUT2D eigenvalue weighted by molar-refractivity contribution is 7.02. The monoisotopic (exact) mass is 1080 g/mol. The molecule has 0 unspecified atom stereocenters. The molecule has 0 N–H and O–H groups in total. The van der Waals surface area contributed by atoms with Crippen LogP contribution in [0.15, 0.2) is 239 Å². The molecular weight excluding hydrogens is 1020 g/mol. The molecule has 0 amide bonds. The van der Waals surface area contributed by atoms with Gasteiger partial charge < -0.3 is 26.5 Å². The standard InChI is InChI=1S/C74H53BN2O6/c1-73(2,3)50-26-28-62-54(40-50)68-71(82-62)76(52-32-46(64-36-42-16-7-11-22-58(42)78-64)30-47(33-52)65-37-43-17-8-12-23-59(43)79-65)56-20-15-21-57-70(56)75(68)69-55-41-51(74(4,5)6)27-29-63(55)83-72(69)77(57)53-34-48(66-38-44-18-9-13-24-60(44)80-66)31-49(35-53)67-39-45-19-10-14-25-61(45)81-67/h7-41H,1-6H3. The van der Waals surface area contributed by atoms with E-state index in [1.165, 1.54) is 11.1 Å². The Kier molecular flexibility index (Phi) is 9.88. The van der Waals surface area contributed by atoms with Crippen LogP contribution in [0.25, 0.3) is 111 Å². The molecule has 0 spiro atoms. The Labute approximate surface area is 478 Å². The Morgan fingerprint density at radius 2 is 0.639 bits per heavy atom. The predicted octanol–water partition coefficient (Wildman–Crippen LogP) is 19.5. The molecule has 0 atom stereocenters. The first-order valence-corrected chi connectivity index (χ1v) is 28.5. The largest absolute Gasteiger partial charge is 0.456 e. The van der Waals surface area contributed by atoms with Crippen LogP contribution in [-0.2, 0) is 10.8 Å². The topological polar surface area (TPSA) is 85.3 Å². The van der Waals surface area contributed by atoms with Crippen molar-refractivity contribution in [3.63, 3.8) is 0 Å². The quantitative estimate of drug-likeness (QED) is 0.152. The van der Waals surface area contributed by atoms with E-state index in [0.29, 0.717) is 0 Å². The minimum atomic E-state index is -0.339. The third kappa shape index (κ3) is 7.40. The number of fused-ring (bicyclic) bond motifs is 12. The number of nitrogens with zero attached hydrogens (tertiary/aromatic N) is 2. The Balaban J connectivity index is 0.976. The van der Waals surface area contributed by atoms with E-state index in [4.69, 9.17) is 26.5 Å². The van der Waals surface area contributed by atoms with E-state index in [-0.39, 0.29) is 17.5 Å². The predicted molar refractivity (Wildman–Crippen MR) is 338 cm³/mol. The number of benzene rings is 9. The van der Waals surface area contributed by atoms with Crippen molar-refractivity contribution in [1.82, 2.24) is 0 Å². The van der Waals surface area contributed by atoms with Crippen LogP contribution < -0.4 is 26.2 Å². The number of para-hydroxylation sites is 4. The van der Waals surface area contributed by atoms with Crippen LogP contribution >= 0.6 is 0 Å². The molecule has 2 aliphatic heterocycles. The van der Waals surface area contributed by atoms with Crippen LogP contribution in [0, 0.1) is 0 Å². The van der Waals surface area contributed by atoms with Gasteiger partial charge in [-0.3, -0.25) is 9.80 Å². The zero-order valence-electron chi connectivity index (χ0n) is 46.6. The summed E-state index contributed by atoms with van der Waals surface area (Å²) in [6, 6.07) is 74.6. The van der Waals surface area contributed by atoms with Crippen LogP contribution in [0.1, 0.15) is 52.7 Å². The summed E-state index contributed by atoms with van der Waals surface area (Å²) >= 11 is 0. The zero-order chi connectivity index (χ0) is 55.6. The fourth-order valence-corrected chi connectivity index (χ4v) is 13.0. The molecular formula is C74H53BN2O6. The van der Waals surface area contributed by atoms with E-state index in [2.05, 4.69) is 191 Å². The van der Waals surface area contributed by atoms with Gasteiger partial charge in [0, 0.05) is 76.9 Å². The van der Waals surface area contributed by atoms with Crippen LogP contribution in [0.4, 0.5) is 34.5 Å². The van der Waals surface area contributed by atoms with Gasteiger partial charge in [-0.1, -0.05) is 133 Å². The van der Waals surface area contributed by atoms with Crippen molar-refractivity contribution in [1.29, 1.82) is 0 Å². The molecule has 83 heavy (non-hydrogen) atoms. The molecule has 0 aliphatic carbocycles. The van der Waals surface area contributed by atoms with E-state index in [9.17, 15) is 0 Å². The molecule has 0 saturated carbocycles. The lowest BCUT2D eigenvalue weighted by atomic mass is 9.33. The second kappa shape index (κ2) is 17.2. The Morgan fingerprint density at radius 3 is 0.964 bits per heavy atom. The SMILES string of the molecule is CC(C)(C)c1ccc2oc3c(c2c1)B1c2c(cccc2N(c2cc(-c4cc5ccccc5o4)cc(-c4cc5ccccc5o4)c2)c2oc4ccc(C(C)(C)C)cc4c21)N3c1cc(-c2cc3ccccc3o2)cc(-c2cc3ccccc3o2)c1. The molecule has 8 heterocycles. The normalized spacial score (nSPS) is 13.3. The van der Waals surface area contributed by atoms with E-state index in [1.807, 2.05) is 72.8 Å². The molecule has 9 heteroatoms. The van der Waals surface area contributed by atoms with Crippen LogP contribution in [0.3, 0.4) is 0 Å². The molecule has 6 aromatic heterocycles. The van der Waals surface area contributed by atoms with Crippen molar-refractivity contribution < 1.29 is 26.5 Å². The van der Waals surface area contributed by atoms with Crippen molar-refractivity contribution in [2.45, 2.75) is 52.4 Å². The highest BCUT2D eigenvalue weighted by Crippen LogP contribution is 2.51. The van der Waals surface area contributed by atoms with Crippen LogP contribution in [-0.4, -0.2) is 6.71 Å². The summed E-state index contributed by atoms with van der Waals surface area (Å²) in [5.41, 5.74) is 17.5. The Bertz CT molecular complexity index is 4540. The minimum absolute atomic E-state index is 0.154. The highest BCUT2D eigenvalue weighted by atomic mass is 16.4. The van der Waals surface area contributed by atoms with Gasteiger partial charge in [0.1, 0.15) is 56.5 Å². The van der Waals surface area contributed by atoms with Gasteiger partial charge in [0.05, 0.1) is 11.4 Å². The van der Waals surface area contributed by atoms with Gasteiger partial charge in [0.15, 0.2) is 0 Å². The maximum atomic E-state index is 7.45. The zero-order valence-corrected chi connectivity index (χ0v) is 46.6. The minimum Gasteiger partial charge on any atom is -0.456 e. The highest BCUT2D eigenvalue weighted by Gasteiger charge is 2.49. The number of hydrogen-bond acceptors (Lipinski definition) is 8. The van der Waals surface area contributed by atoms with Crippen molar-refractivity contribution in [2.75, 3.05) is 9.80 Å². The summed E-state index contributed by atoms with van der Waals surface area (Å²) in [5, 5.41) is 6.20. The first kappa shape index (κ1) is 47.7. The van der Waals surface area contributed by atoms with Crippen molar-refractivity contribution >= 4 is 123 Å². The van der Waals surface area contributed by atoms with Crippen molar-refractivity contribution in [3.8, 4) is 45.3 Å². The smallest absolute Gasteiger partial charge is 0.262 e. The maximum Gasteiger partial charge on any atom is 0.262 e. The summed E-state index contributed by atoms with van der Waals surface area (Å²) in [6.07, 6.45) is 0. The van der Waals surface area contributed by atoms with Gasteiger partial charge >= 0.3 is 0 Å². The molecule has 15 aromatic rings. The summed E-state index contributed by atoms with van der Waals surface area (Å²) < 4.78 is 41.8. The lowest BCUT2D eigenvalue weighted by Gasteiger charge is -2.40. The van der Waals surface area contributed by atoms with Gasteiger partial charge in [-0.05, 0) is 149 Å². The first-order chi connectivity index (χ1) is 40.3. The fourth-order valence-electron chi connectivity index (χ4n) is 13.0. The van der Waals surface area contributed by atoms with E-state index in [1.54, 1.807) is 0 Å². The molecule has 2 aliphatic rings. The second-order valence-electron chi connectivity index (χ2n) is 24.5. The van der Waals surface area contributed by atoms with Gasteiger partial charge in [0.2, 0.25) is 11.8 Å². The number of rotatable bonds is 6. The first-order valence-electron chi connectivity index (χ1n) is 28.5. The number of anilines is 6. The molecule has 0 radical (unpaired) electrons. The van der Waals surface area contributed by atoms with Gasteiger partial charge in [-0.2, -0.15) is 0 Å². The van der Waals surface area contributed by atoms with Crippen LogP contribution in [0.5, 0.6) is 0 Å². The third-order valence-electron chi connectivity index (χ3n) is 17.2. The number of furan rings is 6. The van der Waals surface area contributed by atoms with E-state index in [0.717, 1.165) is 162 Å².